The molecular weight excluding hydrogens is 513 g/mol. The highest BCUT2D eigenvalue weighted by Crippen LogP contribution is 2.34. The van der Waals surface area contributed by atoms with Gasteiger partial charge >= 0.3 is 12.3 Å². The number of alkyl halides is 5. The van der Waals surface area contributed by atoms with Crippen molar-refractivity contribution in [2.75, 3.05) is 29.6 Å². The monoisotopic (exact) mass is 535 g/mol. The number of hydrogen-bond donors (Lipinski definition) is 2. The number of rotatable bonds is 4. The fourth-order valence-corrected chi connectivity index (χ4v) is 4.74. The highest BCUT2D eigenvalue weighted by atomic mass is 32.2. The number of carboxylic acid groups (broad SMARTS) is 1. The Morgan fingerprint density at radius 1 is 1.19 bits per heavy atom. The van der Waals surface area contributed by atoms with E-state index in [1.54, 1.807) is 0 Å². The van der Waals surface area contributed by atoms with Crippen molar-refractivity contribution in [2.45, 2.75) is 43.2 Å². The van der Waals surface area contributed by atoms with Crippen molar-refractivity contribution in [3.8, 4) is 0 Å². The molecule has 1 atom stereocenters. The van der Waals surface area contributed by atoms with Crippen LogP contribution in [0.25, 0.3) is 0 Å². The van der Waals surface area contributed by atoms with Gasteiger partial charge in [0.1, 0.15) is 11.4 Å². The number of hydrogen-bond acceptors (Lipinski definition) is 6. The van der Waals surface area contributed by atoms with E-state index in [1.165, 1.54) is 36.1 Å². The standard InChI is InChI=1S/C21H22F5N5O4S/c1-12-15(17(32)28-13-5-3-6-14(11-13)36(2,35)30-19(33)34)16(29-18(27-12)21(24,25)26)31-9-4-7-20(22,23)8-10-31/h3,5-6,11H,4,7-10H2,1-2H3,(H,28,32)(H,33,34). The topological polar surface area (TPSA) is 125 Å². The van der Waals surface area contributed by atoms with Crippen LogP contribution in [0.4, 0.5) is 38.3 Å². The van der Waals surface area contributed by atoms with Crippen LogP contribution in [0.5, 0.6) is 0 Å². The van der Waals surface area contributed by atoms with Crippen molar-refractivity contribution in [1.82, 2.24) is 9.97 Å². The molecule has 1 unspecified atom stereocenters. The lowest BCUT2D eigenvalue weighted by atomic mass is 10.1. The minimum atomic E-state index is -4.94. The van der Waals surface area contributed by atoms with Crippen molar-refractivity contribution in [2.24, 2.45) is 4.36 Å². The average Bonchev–Trinajstić information content (AvgIpc) is 2.92. The molecular formula is C21H22F5N5O4S. The minimum Gasteiger partial charge on any atom is -0.463 e. The van der Waals surface area contributed by atoms with Gasteiger partial charge in [-0.1, -0.05) is 6.07 Å². The summed E-state index contributed by atoms with van der Waals surface area (Å²) in [5.74, 6) is -5.87. The lowest BCUT2D eigenvalue weighted by molar-refractivity contribution is -0.145. The van der Waals surface area contributed by atoms with Gasteiger partial charge in [-0.3, -0.25) is 4.79 Å². The molecule has 2 amide bonds. The van der Waals surface area contributed by atoms with E-state index < -0.39 is 58.3 Å². The van der Waals surface area contributed by atoms with E-state index >= 15 is 0 Å². The zero-order valence-electron chi connectivity index (χ0n) is 19.1. The third-order valence-electron chi connectivity index (χ3n) is 5.35. The molecule has 36 heavy (non-hydrogen) atoms. The zero-order valence-corrected chi connectivity index (χ0v) is 19.9. The average molecular weight is 535 g/mol. The second-order valence-electron chi connectivity index (χ2n) is 8.18. The lowest BCUT2D eigenvalue weighted by Gasteiger charge is -2.25. The number of benzene rings is 1. The van der Waals surface area contributed by atoms with E-state index in [2.05, 4.69) is 19.6 Å². The lowest BCUT2D eigenvalue weighted by Crippen LogP contribution is -2.31. The highest BCUT2D eigenvalue weighted by Gasteiger charge is 2.39. The predicted molar refractivity (Wildman–Crippen MR) is 120 cm³/mol. The molecule has 1 aromatic carbocycles. The number of halogens is 5. The number of anilines is 2. The number of nitrogens with zero attached hydrogens (tertiary/aromatic N) is 4. The van der Waals surface area contributed by atoms with E-state index in [9.17, 15) is 35.8 Å². The number of carbonyl (C=O) groups excluding carboxylic acids is 1. The Kier molecular flexibility index (Phi) is 7.53. The maximum absolute atomic E-state index is 13.9. The molecule has 9 nitrogen and oxygen atoms in total. The molecule has 1 saturated heterocycles. The van der Waals surface area contributed by atoms with Crippen molar-refractivity contribution >= 4 is 33.2 Å². The first kappa shape index (κ1) is 27.2. The van der Waals surface area contributed by atoms with Gasteiger partial charge in [0.05, 0.1) is 15.4 Å². The fraction of sp³-hybridized carbons (Fsp3) is 0.429. The Bertz CT molecular complexity index is 1310. The summed E-state index contributed by atoms with van der Waals surface area (Å²) in [7, 11) is -3.36. The number of aromatic nitrogens is 2. The van der Waals surface area contributed by atoms with Crippen LogP contribution in [-0.2, 0) is 15.9 Å². The first-order chi connectivity index (χ1) is 16.6. The molecule has 0 saturated carbocycles. The molecule has 2 aromatic rings. The van der Waals surface area contributed by atoms with Gasteiger partial charge in [-0.2, -0.15) is 13.2 Å². The summed E-state index contributed by atoms with van der Waals surface area (Å²) < 4.78 is 83.7. The zero-order chi connectivity index (χ0) is 26.9. The highest BCUT2D eigenvalue weighted by molar-refractivity contribution is 7.93. The Labute approximate surface area is 202 Å². The van der Waals surface area contributed by atoms with Crippen LogP contribution < -0.4 is 10.2 Å². The predicted octanol–water partition coefficient (Wildman–Crippen LogP) is 4.82. The molecule has 15 heteroatoms. The number of nitrogens with one attached hydrogen (secondary N) is 1. The second-order valence-corrected chi connectivity index (χ2v) is 10.4. The molecule has 196 valence electrons. The normalized spacial score (nSPS) is 17.6. The van der Waals surface area contributed by atoms with Crippen molar-refractivity contribution in [3.05, 3.63) is 41.3 Å². The molecule has 1 aromatic heterocycles. The summed E-state index contributed by atoms with van der Waals surface area (Å²) in [4.78, 5) is 32.2. The quantitative estimate of drug-likeness (QED) is 0.538. The maximum atomic E-state index is 13.9. The van der Waals surface area contributed by atoms with Gasteiger partial charge in [0.25, 0.3) is 5.91 Å². The van der Waals surface area contributed by atoms with Gasteiger partial charge in [0.15, 0.2) is 0 Å². The maximum Gasteiger partial charge on any atom is 0.451 e. The van der Waals surface area contributed by atoms with Crippen LogP contribution in [0, 0.1) is 6.92 Å². The van der Waals surface area contributed by atoms with Crippen molar-refractivity contribution in [1.29, 1.82) is 0 Å². The first-order valence-corrected chi connectivity index (χ1v) is 12.5. The fourth-order valence-electron chi connectivity index (χ4n) is 3.66. The van der Waals surface area contributed by atoms with E-state index in [-0.39, 0.29) is 41.4 Å². The minimum absolute atomic E-state index is 0.0157. The van der Waals surface area contributed by atoms with Gasteiger partial charge in [-0.25, -0.2) is 27.8 Å². The molecule has 0 spiro atoms. The van der Waals surface area contributed by atoms with Gasteiger partial charge in [-0.05, 0) is 31.5 Å². The largest absolute Gasteiger partial charge is 0.463 e. The summed E-state index contributed by atoms with van der Waals surface area (Å²) in [5.41, 5.74) is -0.622. The third kappa shape index (κ3) is 6.44. The summed E-state index contributed by atoms with van der Waals surface area (Å²) in [5, 5.41) is 11.3. The summed E-state index contributed by atoms with van der Waals surface area (Å²) in [6.45, 7) is 0.793. The van der Waals surface area contributed by atoms with E-state index in [1.807, 2.05) is 0 Å². The Balaban J connectivity index is 2.04. The van der Waals surface area contributed by atoms with Crippen LogP contribution in [0.15, 0.2) is 33.5 Å². The summed E-state index contributed by atoms with van der Waals surface area (Å²) in [6, 6.07) is 5.29. The van der Waals surface area contributed by atoms with Crippen LogP contribution in [-0.4, -0.2) is 56.6 Å². The van der Waals surface area contributed by atoms with Gasteiger partial charge < -0.3 is 15.3 Å². The smallest absolute Gasteiger partial charge is 0.451 e. The molecule has 0 aliphatic carbocycles. The molecule has 1 aliphatic heterocycles. The number of aryl methyl sites for hydroxylation is 1. The molecule has 2 N–H and O–H groups in total. The summed E-state index contributed by atoms with van der Waals surface area (Å²) >= 11 is 0. The van der Waals surface area contributed by atoms with Gasteiger partial charge in [-0.15, -0.1) is 4.36 Å². The van der Waals surface area contributed by atoms with Crippen molar-refractivity contribution < 1.29 is 40.9 Å². The molecule has 1 aliphatic rings. The second kappa shape index (κ2) is 9.95. The Hall–Kier alpha value is -3.36. The molecule has 3 rings (SSSR count). The Morgan fingerprint density at radius 3 is 2.53 bits per heavy atom. The van der Waals surface area contributed by atoms with Gasteiger partial charge in [0.2, 0.25) is 11.7 Å². The first-order valence-electron chi connectivity index (χ1n) is 10.5. The van der Waals surface area contributed by atoms with Crippen LogP contribution >= 0.6 is 0 Å². The number of amides is 2. The van der Waals surface area contributed by atoms with Gasteiger partial charge in [0, 0.05) is 42.8 Å². The summed E-state index contributed by atoms with van der Waals surface area (Å²) in [6.07, 6.45) is -6.61. The molecule has 0 bridgehead atoms. The van der Waals surface area contributed by atoms with E-state index in [4.69, 9.17) is 5.11 Å². The third-order valence-corrected chi connectivity index (χ3v) is 6.98. The van der Waals surface area contributed by atoms with Crippen LogP contribution in [0.1, 0.15) is 41.1 Å². The molecule has 0 radical (unpaired) electrons. The SMILES string of the molecule is Cc1nc(C(F)(F)F)nc(N2CCCC(F)(F)CC2)c1C(=O)Nc1cccc(S(C)(=O)=NC(=O)O)c1. The van der Waals surface area contributed by atoms with Crippen LogP contribution in [0.2, 0.25) is 0 Å². The Morgan fingerprint density at radius 2 is 1.89 bits per heavy atom. The van der Waals surface area contributed by atoms with E-state index in [0.717, 1.165) is 6.26 Å². The molecule has 1 fully saturated rings. The van der Waals surface area contributed by atoms with Crippen molar-refractivity contribution in [3.63, 3.8) is 0 Å². The molecule has 2 heterocycles. The van der Waals surface area contributed by atoms with Crippen LogP contribution in [0.3, 0.4) is 0 Å². The van der Waals surface area contributed by atoms with E-state index in [0.29, 0.717) is 0 Å². The number of carbonyl (C=O) groups is 2.